The molecule has 1 heterocycles. The standard InChI is InChI=1S/C18H15ClN4O2/c1-25-15-7-5-13(6-8-15)22-18-20-10-9-16(23-18)17(24)21-14-4-2-3-12(19)11-14/h2-11H,1H3,(H,21,24)(H,20,22,23). The summed E-state index contributed by atoms with van der Waals surface area (Å²) in [7, 11) is 1.60. The molecule has 0 bridgehead atoms. The fourth-order valence-electron chi connectivity index (χ4n) is 2.11. The topological polar surface area (TPSA) is 76.1 Å². The van der Waals surface area contributed by atoms with Crippen molar-refractivity contribution in [2.45, 2.75) is 0 Å². The highest BCUT2D eigenvalue weighted by molar-refractivity contribution is 6.30. The average molecular weight is 355 g/mol. The maximum absolute atomic E-state index is 12.3. The molecule has 0 atom stereocenters. The Labute approximate surface area is 149 Å². The maximum atomic E-state index is 12.3. The highest BCUT2D eigenvalue weighted by Gasteiger charge is 2.10. The van der Waals surface area contributed by atoms with Gasteiger partial charge < -0.3 is 15.4 Å². The van der Waals surface area contributed by atoms with Gasteiger partial charge in [0.2, 0.25) is 5.95 Å². The summed E-state index contributed by atoms with van der Waals surface area (Å²) in [6.07, 6.45) is 1.52. The predicted octanol–water partition coefficient (Wildman–Crippen LogP) is 4.13. The van der Waals surface area contributed by atoms with E-state index in [-0.39, 0.29) is 11.6 Å². The zero-order chi connectivity index (χ0) is 17.6. The van der Waals surface area contributed by atoms with Crippen LogP contribution in [-0.4, -0.2) is 23.0 Å². The summed E-state index contributed by atoms with van der Waals surface area (Å²) in [4.78, 5) is 20.7. The third-order valence-electron chi connectivity index (χ3n) is 3.32. The van der Waals surface area contributed by atoms with Crippen LogP contribution in [0.15, 0.2) is 60.8 Å². The van der Waals surface area contributed by atoms with Gasteiger partial charge in [-0.25, -0.2) is 9.97 Å². The molecule has 0 aliphatic carbocycles. The van der Waals surface area contributed by atoms with Crippen LogP contribution in [0.3, 0.4) is 0 Å². The van der Waals surface area contributed by atoms with E-state index in [2.05, 4.69) is 20.6 Å². The monoisotopic (exact) mass is 354 g/mol. The Morgan fingerprint density at radius 1 is 1.08 bits per heavy atom. The molecule has 3 aromatic rings. The molecule has 7 heteroatoms. The Bertz CT molecular complexity index is 884. The van der Waals surface area contributed by atoms with Crippen molar-refractivity contribution in [3.63, 3.8) is 0 Å². The number of aromatic nitrogens is 2. The Morgan fingerprint density at radius 2 is 1.88 bits per heavy atom. The first-order valence-corrected chi connectivity index (χ1v) is 7.83. The number of carbonyl (C=O) groups excluding carboxylic acids is 1. The molecule has 0 aliphatic rings. The Kier molecular flexibility index (Phi) is 5.11. The molecule has 0 aliphatic heterocycles. The van der Waals surface area contributed by atoms with Gasteiger partial charge in [-0.05, 0) is 48.5 Å². The largest absolute Gasteiger partial charge is 0.497 e. The molecular formula is C18H15ClN4O2. The van der Waals surface area contributed by atoms with Gasteiger partial charge >= 0.3 is 0 Å². The van der Waals surface area contributed by atoms with E-state index in [0.717, 1.165) is 11.4 Å². The van der Waals surface area contributed by atoms with Crippen molar-refractivity contribution in [2.75, 3.05) is 17.7 Å². The van der Waals surface area contributed by atoms with Crippen molar-refractivity contribution in [1.82, 2.24) is 9.97 Å². The smallest absolute Gasteiger partial charge is 0.274 e. The fraction of sp³-hybridized carbons (Fsp3) is 0.0556. The summed E-state index contributed by atoms with van der Waals surface area (Å²) < 4.78 is 5.11. The minimum atomic E-state index is -0.345. The first kappa shape index (κ1) is 16.7. The summed E-state index contributed by atoms with van der Waals surface area (Å²) in [6.45, 7) is 0. The number of ether oxygens (including phenoxy) is 1. The predicted molar refractivity (Wildman–Crippen MR) is 97.7 cm³/mol. The molecule has 25 heavy (non-hydrogen) atoms. The lowest BCUT2D eigenvalue weighted by Crippen LogP contribution is -2.14. The number of benzene rings is 2. The first-order chi connectivity index (χ1) is 12.1. The highest BCUT2D eigenvalue weighted by Crippen LogP contribution is 2.18. The number of nitrogens with one attached hydrogen (secondary N) is 2. The van der Waals surface area contributed by atoms with Crippen LogP contribution in [0.2, 0.25) is 5.02 Å². The second-order valence-electron chi connectivity index (χ2n) is 5.08. The highest BCUT2D eigenvalue weighted by atomic mass is 35.5. The van der Waals surface area contributed by atoms with Gasteiger partial charge in [0.25, 0.3) is 5.91 Å². The van der Waals surface area contributed by atoms with Crippen molar-refractivity contribution in [1.29, 1.82) is 0 Å². The molecular weight excluding hydrogens is 340 g/mol. The minimum absolute atomic E-state index is 0.242. The third kappa shape index (κ3) is 4.45. The summed E-state index contributed by atoms with van der Waals surface area (Å²) >= 11 is 5.92. The summed E-state index contributed by atoms with van der Waals surface area (Å²) in [5.74, 6) is 0.729. The quantitative estimate of drug-likeness (QED) is 0.720. The second-order valence-corrected chi connectivity index (χ2v) is 5.52. The molecule has 1 aromatic heterocycles. The van der Waals surface area contributed by atoms with E-state index in [1.54, 1.807) is 37.4 Å². The van der Waals surface area contributed by atoms with Crippen molar-refractivity contribution >= 4 is 34.8 Å². The van der Waals surface area contributed by atoms with Gasteiger partial charge in [-0.1, -0.05) is 17.7 Å². The van der Waals surface area contributed by atoms with Gasteiger partial charge in [0, 0.05) is 22.6 Å². The normalized spacial score (nSPS) is 10.2. The van der Waals surface area contributed by atoms with Crippen LogP contribution < -0.4 is 15.4 Å². The first-order valence-electron chi connectivity index (χ1n) is 7.45. The second kappa shape index (κ2) is 7.63. The van der Waals surface area contributed by atoms with Crippen LogP contribution in [0.4, 0.5) is 17.3 Å². The van der Waals surface area contributed by atoms with Crippen LogP contribution >= 0.6 is 11.6 Å². The number of amides is 1. The van der Waals surface area contributed by atoms with Crippen LogP contribution in [-0.2, 0) is 0 Å². The molecule has 0 radical (unpaired) electrons. The van der Waals surface area contributed by atoms with E-state index in [1.165, 1.54) is 6.20 Å². The number of carbonyl (C=O) groups is 1. The van der Waals surface area contributed by atoms with Crippen LogP contribution in [0.5, 0.6) is 5.75 Å². The van der Waals surface area contributed by atoms with Crippen molar-refractivity contribution in [3.8, 4) is 5.75 Å². The van der Waals surface area contributed by atoms with E-state index < -0.39 is 0 Å². The van der Waals surface area contributed by atoms with Gasteiger partial charge in [0.1, 0.15) is 11.4 Å². The Hall–Kier alpha value is -3.12. The lowest BCUT2D eigenvalue weighted by atomic mass is 10.3. The van der Waals surface area contributed by atoms with E-state index in [1.807, 2.05) is 24.3 Å². The fourth-order valence-corrected chi connectivity index (χ4v) is 2.30. The van der Waals surface area contributed by atoms with Crippen molar-refractivity contribution in [2.24, 2.45) is 0 Å². The van der Waals surface area contributed by atoms with Gasteiger partial charge in [0.05, 0.1) is 7.11 Å². The van der Waals surface area contributed by atoms with E-state index in [4.69, 9.17) is 16.3 Å². The molecule has 0 fully saturated rings. The number of anilines is 3. The number of nitrogens with zero attached hydrogens (tertiary/aromatic N) is 2. The Balaban J connectivity index is 1.72. The number of hydrogen-bond donors (Lipinski definition) is 2. The summed E-state index contributed by atoms with van der Waals surface area (Å²) in [5.41, 5.74) is 1.62. The lowest BCUT2D eigenvalue weighted by molar-refractivity contribution is 0.102. The van der Waals surface area contributed by atoms with E-state index in [0.29, 0.717) is 16.7 Å². The van der Waals surface area contributed by atoms with Crippen molar-refractivity contribution in [3.05, 3.63) is 71.5 Å². The van der Waals surface area contributed by atoms with E-state index in [9.17, 15) is 4.79 Å². The number of methoxy groups -OCH3 is 1. The van der Waals surface area contributed by atoms with Gasteiger partial charge in [-0.15, -0.1) is 0 Å². The van der Waals surface area contributed by atoms with Gasteiger partial charge in [0.15, 0.2) is 0 Å². The average Bonchev–Trinajstić information content (AvgIpc) is 2.62. The molecule has 2 N–H and O–H groups in total. The zero-order valence-corrected chi connectivity index (χ0v) is 14.1. The molecule has 6 nitrogen and oxygen atoms in total. The molecule has 0 saturated heterocycles. The van der Waals surface area contributed by atoms with Crippen LogP contribution in [0.1, 0.15) is 10.5 Å². The molecule has 3 rings (SSSR count). The van der Waals surface area contributed by atoms with Crippen LogP contribution in [0, 0.1) is 0 Å². The van der Waals surface area contributed by atoms with Crippen LogP contribution in [0.25, 0.3) is 0 Å². The molecule has 0 unspecified atom stereocenters. The summed E-state index contributed by atoms with van der Waals surface area (Å²) in [5, 5.41) is 6.34. The molecule has 2 aromatic carbocycles. The zero-order valence-electron chi connectivity index (χ0n) is 13.4. The SMILES string of the molecule is COc1ccc(Nc2nccc(C(=O)Nc3cccc(Cl)c3)n2)cc1. The molecule has 0 saturated carbocycles. The minimum Gasteiger partial charge on any atom is -0.497 e. The van der Waals surface area contributed by atoms with Gasteiger partial charge in [-0.2, -0.15) is 0 Å². The molecule has 1 amide bonds. The number of hydrogen-bond acceptors (Lipinski definition) is 5. The van der Waals surface area contributed by atoms with Gasteiger partial charge in [-0.3, -0.25) is 4.79 Å². The lowest BCUT2D eigenvalue weighted by Gasteiger charge is -2.08. The number of rotatable bonds is 5. The maximum Gasteiger partial charge on any atom is 0.274 e. The summed E-state index contributed by atoms with van der Waals surface area (Å²) in [6, 6.07) is 15.8. The third-order valence-corrected chi connectivity index (χ3v) is 3.55. The Morgan fingerprint density at radius 3 is 2.60 bits per heavy atom. The number of halogens is 1. The van der Waals surface area contributed by atoms with Crippen molar-refractivity contribution < 1.29 is 9.53 Å². The molecule has 126 valence electrons. The molecule has 0 spiro atoms. The van der Waals surface area contributed by atoms with E-state index >= 15 is 0 Å².